The first-order chi connectivity index (χ1) is 11.6. The third-order valence-corrected chi connectivity index (χ3v) is 3.52. The van der Waals surface area contributed by atoms with Crippen LogP contribution in [0.15, 0.2) is 42.5 Å². The van der Waals surface area contributed by atoms with Crippen LogP contribution in [-0.4, -0.2) is 33.3 Å². The molecule has 6 nitrogen and oxygen atoms in total. The van der Waals surface area contributed by atoms with Crippen LogP contribution < -0.4 is 24.8 Å². The number of anilines is 2. The largest absolute Gasteiger partial charge is 0.495 e. The van der Waals surface area contributed by atoms with Crippen molar-refractivity contribution in [3.8, 4) is 17.2 Å². The van der Waals surface area contributed by atoms with Crippen LogP contribution in [0.3, 0.4) is 0 Å². The Morgan fingerprint density at radius 1 is 0.917 bits per heavy atom. The van der Waals surface area contributed by atoms with Gasteiger partial charge in [-0.2, -0.15) is 0 Å². The standard InChI is InChI=1S/C18H22N2O4/c1-12(18(21)20-14-7-5-6-8-15(14)22-2)19-13-9-10-16(23-3)17(11-13)24-4/h5-12,19H,1-4H3,(H,20,21)/t12-/m1/s1. The highest BCUT2D eigenvalue weighted by Crippen LogP contribution is 2.30. The summed E-state index contributed by atoms with van der Waals surface area (Å²) in [6, 6.07) is 12.2. The van der Waals surface area contributed by atoms with Crippen molar-refractivity contribution in [1.82, 2.24) is 0 Å². The van der Waals surface area contributed by atoms with Gasteiger partial charge >= 0.3 is 0 Å². The maximum atomic E-state index is 12.4. The number of para-hydroxylation sites is 2. The second kappa shape index (κ2) is 8.10. The molecule has 0 aliphatic heterocycles. The fourth-order valence-corrected chi connectivity index (χ4v) is 2.23. The van der Waals surface area contributed by atoms with Gasteiger partial charge in [0.25, 0.3) is 0 Å². The van der Waals surface area contributed by atoms with Crippen LogP contribution in [0.25, 0.3) is 0 Å². The fraction of sp³-hybridized carbons (Fsp3) is 0.278. The van der Waals surface area contributed by atoms with E-state index >= 15 is 0 Å². The van der Waals surface area contributed by atoms with E-state index in [0.717, 1.165) is 5.69 Å². The van der Waals surface area contributed by atoms with Crippen LogP contribution in [0, 0.1) is 0 Å². The highest BCUT2D eigenvalue weighted by molar-refractivity contribution is 5.97. The van der Waals surface area contributed by atoms with Crippen molar-refractivity contribution in [3.05, 3.63) is 42.5 Å². The summed E-state index contributed by atoms with van der Waals surface area (Å²) in [5.74, 6) is 1.67. The number of methoxy groups -OCH3 is 3. The molecular formula is C18H22N2O4. The van der Waals surface area contributed by atoms with Crippen molar-refractivity contribution in [1.29, 1.82) is 0 Å². The van der Waals surface area contributed by atoms with Crippen LogP contribution in [0.1, 0.15) is 6.92 Å². The lowest BCUT2D eigenvalue weighted by Crippen LogP contribution is -2.32. The molecule has 0 radical (unpaired) electrons. The Bertz CT molecular complexity index is 703. The van der Waals surface area contributed by atoms with Gasteiger partial charge in [0, 0.05) is 11.8 Å². The van der Waals surface area contributed by atoms with E-state index in [-0.39, 0.29) is 5.91 Å². The van der Waals surface area contributed by atoms with Gasteiger partial charge < -0.3 is 24.8 Å². The normalized spacial score (nSPS) is 11.3. The second-order valence-corrected chi connectivity index (χ2v) is 5.13. The summed E-state index contributed by atoms with van der Waals surface area (Å²) in [5, 5.41) is 5.99. The number of hydrogen-bond donors (Lipinski definition) is 2. The van der Waals surface area contributed by atoms with Gasteiger partial charge in [0.1, 0.15) is 11.8 Å². The maximum Gasteiger partial charge on any atom is 0.246 e. The molecule has 0 unspecified atom stereocenters. The minimum atomic E-state index is -0.451. The zero-order valence-corrected chi connectivity index (χ0v) is 14.3. The monoisotopic (exact) mass is 330 g/mol. The van der Waals surface area contributed by atoms with Gasteiger partial charge in [-0.05, 0) is 31.2 Å². The average molecular weight is 330 g/mol. The molecule has 128 valence electrons. The summed E-state index contributed by atoms with van der Waals surface area (Å²) in [6.07, 6.45) is 0. The number of carbonyl (C=O) groups is 1. The zero-order valence-electron chi connectivity index (χ0n) is 14.3. The SMILES string of the molecule is COc1ccccc1NC(=O)[C@@H](C)Nc1ccc(OC)c(OC)c1. The molecule has 0 spiro atoms. The third-order valence-electron chi connectivity index (χ3n) is 3.52. The summed E-state index contributed by atoms with van der Waals surface area (Å²) in [4.78, 5) is 12.4. The molecule has 1 amide bonds. The molecule has 1 atom stereocenters. The highest BCUT2D eigenvalue weighted by Gasteiger charge is 2.15. The Balaban J connectivity index is 2.06. The van der Waals surface area contributed by atoms with E-state index < -0.39 is 6.04 Å². The van der Waals surface area contributed by atoms with Gasteiger partial charge in [0.15, 0.2) is 11.5 Å². The Morgan fingerprint density at radius 2 is 1.58 bits per heavy atom. The van der Waals surface area contributed by atoms with E-state index in [2.05, 4.69) is 10.6 Å². The first kappa shape index (κ1) is 17.5. The third kappa shape index (κ3) is 4.10. The molecule has 0 fully saturated rings. The Morgan fingerprint density at radius 3 is 2.25 bits per heavy atom. The summed E-state index contributed by atoms with van der Waals surface area (Å²) in [6.45, 7) is 1.78. The van der Waals surface area contributed by atoms with Crippen molar-refractivity contribution in [3.63, 3.8) is 0 Å². The molecule has 0 saturated heterocycles. The molecule has 2 aromatic rings. The molecule has 2 N–H and O–H groups in total. The van der Waals surface area contributed by atoms with Gasteiger partial charge in [0.2, 0.25) is 5.91 Å². The minimum absolute atomic E-state index is 0.172. The number of ether oxygens (including phenoxy) is 3. The van der Waals surface area contributed by atoms with Crippen molar-refractivity contribution < 1.29 is 19.0 Å². The number of amides is 1. The van der Waals surface area contributed by atoms with E-state index in [1.165, 1.54) is 0 Å². The molecule has 2 aromatic carbocycles. The van der Waals surface area contributed by atoms with Crippen molar-refractivity contribution >= 4 is 17.3 Å². The zero-order chi connectivity index (χ0) is 17.5. The lowest BCUT2D eigenvalue weighted by Gasteiger charge is -2.17. The fourth-order valence-electron chi connectivity index (χ4n) is 2.23. The lowest BCUT2D eigenvalue weighted by molar-refractivity contribution is -0.116. The van der Waals surface area contributed by atoms with Gasteiger partial charge in [-0.15, -0.1) is 0 Å². The molecule has 0 aliphatic carbocycles. The van der Waals surface area contributed by atoms with Crippen LogP contribution >= 0.6 is 0 Å². The quantitative estimate of drug-likeness (QED) is 0.816. The van der Waals surface area contributed by atoms with Gasteiger partial charge in [-0.1, -0.05) is 12.1 Å². The Hall–Kier alpha value is -2.89. The van der Waals surface area contributed by atoms with E-state index in [1.807, 2.05) is 18.2 Å². The van der Waals surface area contributed by atoms with E-state index in [9.17, 15) is 4.79 Å². The second-order valence-electron chi connectivity index (χ2n) is 5.13. The molecule has 0 heterocycles. The molecule has 0 aliphatic rings. The average Bonchev–Trinajstić information content (AvgIpc) is 2.61. The van der Waals surface area contributed by atoms with Gasteiger partial charge in [-0.25, -0.2) is 0 Å². The molecule has 0 saturated carbocycles. The highest BCUT2D eigenvalue weighted by atomic mass is 16.5. The van der Waals surface area contributed by atoms with E-state index in [1.54, 1.807) is 52.5 Å². The van der Waals surface area contributed by atoms with Crippen LogP contribution in [-0.2, 0) is 4.79 Å². The van der Waals surface area contributed by atoms with Crippen molar-refractivity contribution in [2.75, 3.05) is 32.0 Å². The smallest absolute Gasteiger partial charge is 0.246 e. The molecule has 6 heteroatoms. The van der Waals surface area contributed by atoms with Crippen LogP contribution in [0.2, 0.25) is 0 Å². The topological polar surface area (TPSA) is 68.8 Å². The summed E-state index contributed by atoms with van der Waals surface area (Å²) in [7, 11) is 4.71. The van der Waals surface area contributed by atoms with Gasteiger partial charge in [-0.3, -0.25) is 4.79 Å². The number of rotatable bonds is 7. The first-order valence-electron chi connectivity index (χ1n) is 7.51. The summed E-state index contributed by atoms with van der Waals surface area (Å²) in [5.41, 5.74) is 1.39. The molecule has 2 rings (SSSR count). The minimum Gasteiger partial charge on any atom is -0.495 e. The Labute approximate surface area is 141 Å². The predicted molar refractivity (Wildman–Crippen MR) is 94.3 cm³/mol. The first-order valence-corrected chi connectivity index (χ1v) is 7.51. The molecule has 0 bridgehead atoms. The van der Waals surface area contributed by atoms with Crippen LogP contribution in [0.4, 0.5) is 11.4 Å². The summed E-state index contributed by atoms with van der Waals surface area (Å²) < 4.78 is 15.7. The summed E-state index contributed by atoms with van der Waals surface area (Å²) >= 11 is 0. The van der Waals surface area contributed by atoms with Gasteiger partial charge in [0.05, 0.1) is 27.0 Å². The van der Waals surface area contributed by atoms with Crippen molar-refractivity contribution in [2.24, 2.45) is 0 Å². The van der Waals surface area contributed by atoms with E-state index in [4.69, 9.17) is 14.2 Å². The number of nitrogens with one attached hydrogen (secondary N) is 2. The molecule has 0 aromatic heterocycles. The lowest BCUT2D eigenvalue weighted by atomic mass is 10.2. The van der Waals surface area contributed by atoms with Crippen LogP contribution in [0.5, 0.6) is 17.2 Å². The van der Waals surface area contributed by atoms with E-state index in [0.29, 0.717) is 22.9 Å². The maximum absolute atomic E-state index is 12.4. The Kier molecular flexibility index (Phi) is 5.89. The predicted octanol–water partition coefficient (Wildman–Crippen LogP) is 3.15. The number of hydrogen-bond acceptors (Lipinski definition) is 5. The molecular weight excluding hydrogens is 308 g/mol. The van der Waals surface area contributed by atoms with Crippen molar-refractivity contribution in [2.45, 2.75) is 13.0 Å². The molecule has 24 heavy (non-hydrogen) atoms. The number of benzene rings is 2. The number of carbonyl (C=O) groups excluding carboxylic acids is 1.